The van der Waals surface area contributed by atoms with Crippen LogP contribution in [0.3, 0.4) is 0 Å². The van der Waals surface area contributed by atoms with Gasteiger partial charge in [0, 0.05) is 26.9 Å². The zero-order valence-electron chi connectivity index (χ0n) is 12.4. The minimum absolute atomic E-state index is 0.322. The van der Waals surface area contributed by atoms with Gasteiger partial charge in [0.1, 0.15) is 5.82 Å². The molecule has 24 heavy (non-hydrogen) atoms. The largest absolute Gasteiger partial charge is 0.399 e. The lowest BCUT2D eigenvalue weighted by Crippen LogP contribution is -2.12. The van der Waals surface area contributed by atoms with E-state index < -0.39 is 5.41 Å². The molecule has 1 aromatic heterocycles. The van der Waals surface area contributed by atoms with Gasteiger partial charge in [-0.3, -0.25) is 0 Å². The second-order valence-corrected chi connectivity index (χ2v) is 6.69. The molecule has 0 bridgehead atoms. The van der Waals surface area contributed by atoms with Crippen LogP contribution in [0.2, 0.25) is 10.0 Å². The summed E-state index contributed by atoms with van der Waals surface area (Å²) in [6, 6.07) is 9.22. The van der Waals surface area contributed by atoms with Gasteiger partial charge in [-0.1, -0.05) is 28.4 Å². The van der Waals surface area contributed by atoms with Gasteiger partial charge < -0.3 is 10.3 Å². The Balaban J connectivity index is 1.76. The molecule has 3 aromatic rings. The fourth-order valence-corrected chi connectivity index (χ4v) is 3.75. The van der Waals surface area contributed by atoms with E-state index in [0.29, 0.717) is 33.0 Å². The SMILES string of the molecule is Nc1cc(Cl)c(C2(c3noc(-c4ccc(F)cc4)n3)CC2)c(Cl)c1. The Morgan fingerprint density at radius 3 is 2.29 bits per heavy atom. The summed E-state index contributed by atoms with van der Waals surface area (Å²) in [6.45, 7) is 0. The standard InChI is InChI=1S/C17H12Cl2FN3O/c18-12-7-11(21)8-13(19)14(12)17(5-6-17)16-22-15(24-23-16)9-1-3-10(20)4-2-9/h1-4,7-8H,5-6,21H2. The lowest BCUT2D eigenvalue weighted by molar-refractivity contribution is 0.418. The van der Waals surface area contributed by atoms with E-state index in [2.05, 4.69) is 10.1 Å². The highest BCUT2D eigenvalue weighted by molar-refractivity contribution is 6.36. The van der Waals surface area contributed by atoms with Gasteiger partial charge in [-0.05, 0) is 49.2 Å². The van der Waals surface area contributed by atoms with E-state index >= 15 is 0 Å². The number of halogens is 3. The minimum Gasteiger partial charge on any atom is -0.399 e. The fraction of sp³-hybridized carbons (Fsp3) is 0.176. The lowest BCUT2D eigenvalue weighted by atomic mass is 9.94. The number of hydrogen-bond acceptors (Lipinski definition) is 4. The summed E-state index contributed by atoms with van der Waals surface area (Å²) in [5, 5.41) is 5.08. The predicted molar refractivity (Wildman–Crippen MR) is 90.6 cm³/mol. The van der Waals surface area contributed by atoms with Crippen LogP contribution in [0.5, 0.6) is 0 Å². The van der Waals surface area contributed by atoms with Crippen molar-refractivity contribution in [3.8, 4) is 11.5 Å². The van der Waals surface area contributed by atoms with Crippen molar-refractivity contribution in [2.75, 3.05) is 5.73 Å². The van der Waals surface area contributed by atoms with E-state index in [0.717, 1.165) is 18.4 Å². The monoisotopic (exact) mass is 363 g/mol. The number of anilines is 1. The van der Waals surface area contributed by atoms with E-state index in [1.54, 1.807) is 24.3 Å². The number of benzene rings is 2. The first-order valence-corrected chi connectivity index (χ1v) is 8.10. The summed E-state index contributed by atoms with van der Waals surface area (Å²) in [5.74, 6) is 0.534. The Morgan fingerprint density at radius 2 is 1.71 bits per heavy atom. The van der Waals surface area contributed by atoms with Crippen LogP contribution in [-0.2, 0) is 5.41 Å². The zero-order valence-corrected chi connectivity index (χ0v) is 13.9. The van der Waals surface area contributed by atoms with Crippen molar-refractivity contribution in [2.24, 2.45) is 0 Å². The van der Waals surface area contributed by atoms with Gasteiger partial charge in [-0.2, -0.15) is 4.98 Å². The number of hydrogen-bond donors (Lipinski definition) is 1. The first kappa shape index (κ1) is 15.4. The van der Waals surface area contributed by atoms with E-state index in [4.69, 9.17) is 33.5 Å². The van der Waals surface area contributed by atoms with Crippen molar-refractivity contribution in [3.63, 3.8) is 0 Å². The third-order valence-corrected chi connectivity index (χ3v) is 4.83. The molecule has 7 heteroatoms. The van der Waals surface area contributed by atoms with E-state index in [9.17, 15) is 4.39 Å². The molecule has 0 radical (unpaired) electrons. The average molecular weight is 364 g/mol. The fourth-order valence-electron chi connectivity index (χ4n) is 2.89. The van der Waals surface area contributed by atoms with Crippen LogP contribution >= 0.6 is 23.2 Å². The van der Waals surface area contributed by atoms with Crippen LogP contribution in [-0.4, -0.2) is 10.1 Å². The molecule has 0 amide bonds. The molecular weight excluding hydrogens is 352 g/mol. The average Bonchev–Trinajstić information content (AvgIpc) is 3.15. The van der Waals surface area contributed by atoms with Gasteiger partial charge in [-0.25, -0.2) is 4.39 Å². The van der Waals surface area contributed by atoms with Gasteiger partial charge in [0.05, 0.1) is 5.41 Å². The maximum atomic E-state index is 13.0. The minimum atomic E-state index is -0.455. The van der Waals surface area contributed by atoms with E-state index in [-0.39, 0.29) is 5.82 Å². The highest BCUT2D eigenvalue weighted by Gasteiger charge is 2.52. The zero-order chi connectivity index (χ0) is 16.9. The molecule has 0 atom stereocenters. The van der Waals surface area contributed by atoms with Crippen LogP contribution in [0.4, 0.5) is 10.1 Å². The normalized spacial score (nSPS) is 15.5. The third kappa shape index (κ3) is 2.44. The maximum Gasteiger partial charge on any atom is 0.257 e. The van der Waals surface area contributed by atoms with Gasteiger partial charge in [0.2, 0.25) is 0 Å². The summed E-state index contributed by atoms with van der Waals surface area (Å²) in [4.78, 5) is 4.48. The quantitative estimate of drug-likeness (QED) is 0.675. The second kappa shape index (κ2) is 5.46. The van der Waals surface area contributed by atoms with Crippen molar-refractivity contribution in [2.45, 2.75) is 18.3 Å². The first-order chi connectivity index (χ1) is 11.5. The van der Waals surface area contributed by atoms with Crippen molar-refractivity contribution >= 4 is 28.9 Å². The summed E-state index contributed by atoms with van der Waals surface area (Å²) >= 11 is 12.7. The van der Waals surface area contributed by atoms with Crippen LogP contribution in [0, 0.1) is 5.82 Å². The van der Waals surface area contributed by atoms with Crippen LogP contribution in [0.25, 0.3) is 11.5 Å². The molecule has 0 spiro atoms. The molecule has 1 aliphatic carbocycles. The third-order valence-electron chi connectivity index (χ3n) is 4.24. The molecule has 1 heterocycles. The topological polar surface area (TPSA) is 64.9 Å². The summed E-state index contributed by atoms with van der Waals surface area (Å²) in [5.41, 5.74) is 7.25. The van der Waals surface area contributed by atoms with Crippen molar-refractivity contribution < 1.29 is 8.91 Å². The van der Waals surface area contributed by atoms with Crippen molar-refractivity contribution in [1.29, 1.82) is 0 Å². The van der Waals surface area contributed by atoms with Crippen LogP contribution in [0.15, 0.2) is 40.9 Å². The molecule has 2 aromatic carbocycles. The molecule has 0 unspecified atom stereocenters. The molecular formula is C17H12Cl2FN3O. The molecule has 2 N–H and O–H groups in total. The molecule has 1 aliphatic rings. The Labute approximate surface area is 147 Å². The lowest BCUT2D eigenvalue weighted by Gasteiger charge is -2.15. The summed E-state index contributed by atoms with van der Waals surface area (Å²) < 4.78 is 18.4. The molecule has 1 saturated carbocycles. The predicted octanol–water partition coefficient (Wildman–Crippen LogP) is 4.84. The van der Waals surface area contributed by atoms with E-state index in [1.807, 2.05) is 0 Å². The van der Waals surface area contributed by atoms with Gasteiger partial charge >= 0.3 is 0 Å². The smallest absolute Gasteiger partial charge is 0.257 e. The van der Waals surface area contributed by atoms with Crippen molar-refractivity contribution in [3.05, 3.63) is 63.6 Å². The molecule has 4 rings (SSSR count). The number of nitrogen functional groups attached to an aromatic ring is 1. The molecule has 122 valence electrons. The maximum absolute atomic E-state index is 13.0. The summed E-state index contributed by atoms with van der Waals surface area (Å²) in [6.07, 6.45) is 1.64. The second-order valence-electron chi connectivity index (χ2n) is 5.87. The molecule has 1 fully saturated rings. The number of aromatic nitrogens is 2. The van der Waals surface area contributed by atoms with Crippen molar-refractivity contribution in [1.82, 2.24) is 10.1 Å². The van der Waals surface area contributed by atoms with Gasteiger partial charge in [-0.15, -0.1) is 0 Å². The van der Waals surface area contributed by atoms with Crippen LogP contribution in [0.1, 0.15) is 24.2 Å². The highest BCUT2D eigenvalue weighted by Crippen LogP contribution is 2.56. The van der Waals surface area contributed by atoms with E-state index in [1.165, 1.54) is 12.1 Å². The highest BCUT2D eigenvalue weighted by atomic mass is 35.5. The van der Waals surface area contributed by atoms with Crippen LogP contribution < -0.4 is 5.73 Å². The Hall–Kier alpha value is -2.11. The first-order valence-electron chi connectivity index (χ1n) is 7.35. The molecule has 4 nitrogen and oxygen atoms in total. The number of nitrogens with zero attached hydrogens (tertiary/aromatic N) is 2. The number of rotatable bonds is 3. The van der Waals surface area contributed by atoms with Gasteiger partial charge in [0.15, 0.2) is 5.82 Å². The Morgan fingerprint density at radius 1 is 1.08 bits per heavy atom. The van der Waals surface area contributed by atoms with Gasteiger partial charge in [0.25, 0.3) is 5.89 Å². The summed E-state index contributed by atoms with van der Waals surface area (Å²) in [7, 11) is 0. The molecule has 0 aliphatic heterocycles. The Kier molecular flexibility index (Phi) is 3.51. The number of nitrogens with two attached hydrogens (primary N) is 1. The molecule has 0 saturated heterocycles. The Bertz CT molecular complexity index is 897.